The van der Waals surface area contributed by atoms with Gasteiger partial charge in [0.2, 0.25) is 17.7 Å². The molecule has 0 saturated carbocycles. The van der Waals surface area contributed by atoms with Gasteiger partial charge in [-0.2, -0.15) is 0 Å². The molecule has 3 amide bonds. The Hall–Kier alpha value is -3.71. The van der Waals surface area contributed by atoms with Crippen molar-refractivity contribution in [2.45, 2.75) is 50.9 Å². The molecule has 0 spiro atoms. The van der Waals surface area contributed by atoms with Gasteiger partial charge in [-0.25, -0.2) is 4.79 Å². The molecule has 0 heterocycles. The lowest BCUT2D eigenvalue weighted by Crippen LogP contribution is -2.59. The van der Waals surface area contributed by atoms with Crippen LogP contribution in [0, 0.1) is 5.92 Å². The van der Waals surface area contributed by atoms with Gasteiger partial charge in [0.15, 0.2) is 0 Å². The molecular weight excluding hydrogens is 452 g/mol. The number of rotatable bonds is 13. The number of carbonyl (C=O) groups is 5. The fourth-order valence-electron chi connectivity index (χ4n) is 2.87. The molecule has 9 N–H and O–H groups in total. The van der Waals surface area contributed by atoms with Crippen LogP contribution in [0.5, 0.6) is 5.75 Å². The summed E-state index contributed by atoms with van der Waals surface area (Å²) in [5.41, 5.74) is 6.05. The predicted molar refractivity (Wildman–Crippen MR) is 117 cm³/mol. The van der Waals surface area contributed by atoms with Gasteiger partial charge in [-0.05, 0) is 23.6 Å². The van der Waals surface area contributed by atoms with E-state index in [9.17, 15) is 39.3 Å². The Labute approximate surface area is 195 Å². The van der Waals surface area contributed by atoms with Crippen molar-refractivity contribution in [2.75, 3.05) is 6.61 Å². The minimum absolute atomic E-state index is 0.0348. The molecule has 4 unspecified atom stereocenters. The third kappa shape index (κ3) is 9.03. The van der Waals surface area contributed by atoms with E-state index in [0.717, 1.165) is 0 Å². The van der Waals surface area contributed by atoms with E-state index in [0.29, 0.717) is 5.56 Å². The SMILES string of the molecule is CC(C)C(NC(=O)C(CO)NC(=O)C(Cc1ccc(O)cc1)NC(=O)C(N)CC(=O)O)C(=O)O. The van der Waals surface area contributed by atoms with Crippen molar-refractivity contribution in [3.63, 3.8) is 0 Å². The molecule has 0 saturated heterocycles. The van der Waals surface area contributed by atoms with Gasteiger partial charge in [0.05, 0.1) is 19.1 Å². The fraction of sp³-hybridized carbons (Fsp3) is 0.476. The number of carboxylic acid groups (broad SMARTS) is 2. The number of nitrogens with two attached hydrogens (primary N) is 1. The number of aliphatic carboxylic acids is 2. The van der Waals surface area contributed by atoms with Crippen LogP contribution in [0.4, 0.5) is 0 Å². The van der Waals surface area contributed by atoms with E-state index >= 15 is 0 Å². The van der Waals surface area contributed by atoms with Gasteiger partial charge in [-0.1, -0.05) is 26.0 Å². The van der Waals surface area contributed by atoms with Gasteiger partial charge < -0.3 is 42.1 Å². The molecule has 0 aliphatic rings. The summed E-state index contributed by atoms with van der Waals surface area (Å²) in [6.45, 7) is 2.27. The van der Waals surface area contributed by atoms with Crippen molar-refractivity contribution in [1.29, 1.82) is 0 Å². The molecule has 1 aromatic carbocycles. The third-order valence-electron chi connectivity index (χ3n) is 4.79. The summed E-state index contributed by atoms with van der Waals surface area (Å²) >= 11 is 0. The van der Waals surface area contributed by atoms with Gasteiger partial charge in [0, 0.05) is 6.42 Å². The van der Waals surface area contributed by atoms with Gasteiger partial charge >= 0.3 is 11.9 Å². The van der Waals surface area contributed by atoms with Crippen LogP contribution in [-0.4, -0.2) is 80.9 Å². The minimum Gasteiger partial charge on any atom is -0.508 e. The number of phenolic OH excluding ortho intramolecular Hbond substituents is 1. The Morgan fingerprint density at radius 1 is 0.882 bits per heavy atom. The van der Waals surface area contributed by atoms with Crippen molar-refractivity contribution in [3.8, 4) is 5.75 Å². The molecule has 1 rings (SSSR count). The molecule has 0 radical (unpaired) electrons. The highest BCUT2D eigenvalue weighted by Crippen LogP contribution is 2.12. The van der Waals surface area contributed by atoms with E-state index in [-0.39, 0.29) is 12.2 Å². The molecule has 13 heteroatoms. The monoisotopic (exact) mass is 482 g/mol. The molecule has 0 aromatic heterocycles. The first-order valence-corrected chi connectivity index (χ1v) is 10.4. The molecule has 188 valence electrons. The van der Waals surface area contributed by atoms with Crippen molar-refractivity contribution in [1.82, 2.24) is 16.0 Å². The summed E-state index contributed by atoms with van der Waals surface area (Å²) in [6, 6.07) is 0.0879. The average molecular weight is 482 g/mol. The lowest BCUT2D eigenvalue weighted by molar-refractivity contribution is -0.143. The van der Waals surface area contributed by atoms with E-state index in [2.05, 4.69) is 16.0 Å². The largest absolute Gasteiger partial charge is 0.508 e. The van der Waals surface area contributed by atoms with Crippen LogP contribution in [0.3, 0.4) is 0 Å². The molecular formula is C21H30N4O9. The minimum atomic E-state index is -1.53. The maximum absolute atomic E-state index is 12.9. The van der Waals surface area contributed by atoms with E-state index in [1.807, 2.05) is 0 Å². The zero-order valence-corrected chi connectivity index (χ0v) is 18.7. The molecule has 0 fully saturated rings. The van der Waals surface area contributed by atoms with Crippen LogP contribution >= 0.6 is 0 Å². The lowest BCUT2D eigenvalue weighted by atomic mass is 10.0. The summed E-state index contributed by atoms with van der Waals surface area (Å²) in [6.07, 6.45) is -0.812. The second kappa shape index (κ2) is 13.1. The van der Waals surface area contributed by atoms with Gasteiger partial charge in [0.25, 0.3) is 0 Å². The number of aliphatic hydroxyl groups excluding tert-OH is 1. The van der Waals surface area contributed by atoms with Crippen LogP contribution in [0.25, 0.3) is 0 Å². The van der Waals surface area contributed by atoms with E-state index < -0.39 is 72.8 Å². The van der Waals surface area contributed by atoms with E-state index in [4.69, 9.17) is 10.8 Å². The topological polar surface area (TPSA) is 228 Å². The van der Waals surface area contributed by atoms with Crippen molar-refractivity contribution < 1.29 is 44.4 Å². The highest BCUT2D eigenvalue weighted by molar-refractivity contribution is 5.95. The number of aliphatic hydroxyl groups is 1. The first-order chi connectivity index (χ1) is 15.8. The molecule has 0 aliphatic carbocycles. The van der Waals surface area contributed by atoms with Crippen LogP contribution in [0.15, 0.2) is 24.3 Å². The Bertz CT molecular complexity index is 889. The summed E-state index contributed by atoms with van der Waals surface area (Å²) < 4.78 is 0. The normalized spacial score (nSPS) is 14.4. The van der Waals surface area contributed by atoms with Crippen LogP contribution < -0.4 is 21.7 Å². The number of amides is 3. The highest BCUT2D eigenvalue weighted by atomic mass is 16.4. The van der Waals surface area contributed by atoms with Crippen molar-refractivity contribution >= 4 is 29.7 Å². The number of phenols is 1. The highest BCUT2D eigenvalue weighted by Gasteiger charge is 2.31. The molecule has 1 aromatic rings. The Morgan fingerprint density at radius 2 is 1.41 bits per heavy atom. The second-order valence-corrected chi connectivity index (χ2v) is 7.95. The number of carboxylic acids is 2. The first kappa shape index (κ1) is 28.3. The van der Waals surface area contributed by atoms with Gasteiger partial charge in [-0.3, -0.25) is 19.2 Å². The van der Waals surface area contributed by atoms with Gasteiger partial charge in [0.1, 0.15) is 23.9 Å². The zero-order valence-electron chi connectivity index (χ0n) is 18.7. The van der Waals surface area contributed by atoms with E-state index in [1.54, 1.807) is 13.8 Å². The Morgan fingerprint density at radius 3 is 1.88 bits per heavy atom. The summed E-state index contributed by atoms with van der Waals surface area (Å²) in [5, 5.41) is 43.9. The summed E-state index contributed by atoms with van der Waals surface area (Å²) in [5.74, 6) is -5.92. The van der Waals surface area contributed by atoms with Crippen LogP contribution in [0.2, 0.25) is 0 Å². The quantitative estimate of drug-likeness (QED) is 0.153. The Balaban J connectivity index is 3.03. The summed E-state index contributed by atoms with van der Waals surface area (Å²) in [7, 11) is 0. The summed E-state index contributed by atoms with van der Waals surface area (Å²) in [4.78, 5) is 59.8. The van der Waals surface area contributed by atoms with Gasteiger partial charge in [-0.15, -0.1) is 0 Å². The molecule has 4 atom stereocenters. The molecule has 34 heavy (non-hydrogen) atoms. The lowest BCUT2D eigenvalue weighted by Gasteiger charge is -2.25. The number of hydrogen-bond acceptors (Lipinski definition) is 8. The maximum atomic E-state index is 12.9. The van der Waals surface area contributed by atoms with Crippen molar-refractivity contribution in [3.05, 3.63) is 29.8 Å². The first-order valence-electron chi connectivity index (χ1n) is 10.4. The third-order valence-corrected chi connectivity index (χ3v) is 4.79. The zero-order chi connectivity index (χ0) is 26.0. The molecule has 0 bridgehead atoms. The number of benzene rings is 1. The van der Waals surface area contributed by atoms with Crippen LogP contribution in [0.1, 0.15) is 25.8 Å². The number of nitrogens with one attached hydrogen (secondary N) is 3. The second-order valence-electron chi connectivity index (χ2n) is 7.95. The number of carbonyl (C=O) groups excluding carboxylic acids is 3. The smallest absolute Gasteiger partial charge is 0.326 e. The van der Waals surface area contributed by atoms with Crippen LogP contribution in [-0.2, 0) is 30.4 Å². The maximum Gasteiger partial charge on any atom is 0.326 e. The Kier molecular flexibility index (Phi) is 10.9. The predicted octanol–water partition coefficient (Wildman–Crippen LogP) is -2.08. The number of hydrogen-bond donors (Lipinski definition) is 8. The van der Waals surface area contributed by atoms with Crippen molar-refractivity contribution in [2.24, 2.45) is 11.7 Å². The fourth-order valence-corrected chi connectivity index (χ4v) is 2.87. The standard InChI is InChI=1S/C21H30N4O9/c1-10(2)17(21(33)34)25-20(32)15(9-26)24-19(31)14(7-11-3-5-12(27)6-4-11)23-18(30)13(22)8-16(28)29/h3-6,10,13-15,17,26-27H,7-9,22H2,1-2H3,(H,23,30)(H,24,31)(H,25,32)(H,28,29)(H,33,34). The average Bonchev–Trinajstić information content (AvgIpc) is 2.75. The van der Waals surface area contributed by atoms with E-state index in [1.165, 1.54) is 24.3 Å². The molecule has 0 aliphatic heterocycles. The number of aromatic hydroxyl groups is 1. The molecule has 13 nitrogen and oxygen atoms in total.